The summed E-state index contributed by atoms with van der Waals surface area (Å²) >= 11 is 1.58. The molecule has 1 amide bonds. The Morgan fingerprint density at radius 1 is 1.41 bits per heavy atom. The quantitative estimate of drug-likeness (QED) is 0.777. The third-order valence-electron chi connectivity index (χ3n) is 1.97. The van der Waals surface area contributed by atoms with Crippen LogP contribution in [-0.2, 0) is 10.5 Å². The maximum Gasteiger partial charge on any atom is 0.233 e. The van der Waals surface area contributed by atoms with Gasteiger partial charge in [0.1, 0.15) is 5.82 Å². The van der Waals surface area contributed by atoms with E-state index < -0.39 is 0 Å². The molecule has 6 heteroatoms. The van der Waals surface area contributed by atoms with Crippen molar-refractivity contribution in [3.05, 3.63) is 35.6 Å². The largest absolute Gasteiger partial charge is 0.354 e. The van der Waals surface area contributed by atoms with Crippen LogP contribution in [0.2, 0.25) is 0 Å². The van der Waals surface area contributed by atoms with E-state index in [4.69, 9.17) is 5.73 Å². The summed E-state index contributed by atoms with van der Waals surface area (Å²) in [5.41, 5.74) is 5.82. The smallest absolute Gasteiger partial charge is 0.233 e. The van der Waals surface area contributed by atoms with Gasteiger partial charge in [-0.15, -0.1) is 12.4 Å². The zero-order chi connectivity index (χ0) is 11.8. The van der Waals surface area contributed by atoms with Crippen LogP contribution >= 0.6 is 24.2 Å². The van der Waals surface area contributed by atoms with Crippen LogP contribution in [0.25, 0.3) is 0 Å². The summed E-state index contributed by atoms with van der Waals surface area (Å²) in [7, 11) is 0. The number of hydrogen-bond acceptors (Lipinski definition) is 3. The SMILES string of the molecule is Cl.NCC(=O)NCCSCc1ccccc1F. The highest BCUT2D eigenvalue weighted by Crippen LogP contribution is 2.14. The second kappa shape index (κ2) is 9.27. The van der Waals surface area contributed by atoms with E-state index in [1.54, 1.807) is 23.9 Å². The Bertz CT molecular complexity index is 352. The van der Waals surface area contributed by atoms with Gasteiger partial charge in [0.05, 0.1) is 6.54 Å². The highest BCUT2D eigenvalue weighted by Gasteiger charge is 2.00. The lowest BCUT2D eigenvalue weighted by Crippen LogP contribution is -2.31. The Morgan fingerprint density at radius 3 is 2.76 bits per heavy atom. The van der Waals surface area contributed by atoms with Crippen molar-refractivity contribution in [2.45, 2.75) is 5.75 Å². The number of amides is 1. The van der Waals surface area contributed by atoms with Crippen LogP contribution in [0.4, 0.5) is 4.39 Å². The van der Waals surface area contributed by atoms with E-state index in [0.717, 1.165) is 5.75 Å². The van der Waals surface area contributed by atoms with E-state index in [9.17, 15) is 9.18 Å². The third-order valence-corrected chi connectivity index (χ3v) is 2.98. The summed E-state index contributed by atoms with van der Waals surface area (Å²) in [4.78, 5) is 10.8. The van der Waals surface area contributed by atoms with Crippen LogP contribution < -0.4 is 11.1 Å². The van der Waals surface area contributed by atoms with Crippen LogP contribution in [0.3, 0.4) is 0 Å². The van der Waals surface area contributed by atoms with Crippen molar-refractivity contribution in [3.63, 3.8) is 0 Å². The van der Waals surface area contributed by atoms with Gasteiger partial charge in [0.2, 0.25) is 5.91 Å². The van der Waals surface area contributed by atoms with Crippen molar-refractivity contribution < 1.29 is 9.18 Å². The number of carbonyl (C=O) groups is 1. The number of nitrogens with one attached hydrogen (secondary N) is 1. The van der Waals surface area contributed by atoms with Crippen LogP contribution in [0, 0.1) is 5.82 Å². The first-order chi connectivity index (χ1) is 7.74. The van der Waals surface area contributed by atoms with Gasteiger partial charge >= 0.3 is 0 Å². The summed E-state index contributed by atoms with van der Waals surface area (Å²) in [5, 5.41) is 2.65. The lowest BCUT2D eigenvalue weighted by Gasteiger charge is -2.04. The molecule has 96 valence electrons. The molecule has 3 nitrogen and oxygen atoms in total. The minimum absolute atomic E-state index is 0. The number of thioether (sulfide) groups is 1. The van der Waals surface area contributed by atoms with Crippen molar-refractivity contribution in [3.8, 4) is 0 Å². The number of benzene rings is 1. The Balaban J connectivity index is 0.00000256. The molecular formula is C11H16ClFN2OS. The normalized spacial score (nSPS) is 9.53. The fraction of sp³-hybridized carbons (Fsp3) is 0.364. The zero-order valence-electron chi connectivity index (χ0n) is 9.32. The van der Waals surface area contributed by atoms with E-state index in [2.05, 4.69) is 5.32 Å². The van der Waals surface area contributed by atoms with Gasteiger partial charge in [0.15, 0.2) is 0 Å². The molecule has 1 aromatic carbocycles. The molecule has 0 aliphatic rings. The molecule has 0 bridgehead atoms. The molecule has 0 saturated heterocycles. The van der Waals surface area contributed by atoms with Crippen molar-refractivity contribution in [1.29, 1.82) is 0 Å². The Hall–Kier alpha value is -0.780. The van der Waals surface area contributed by atoms with Gasteiger partial charge in [0, 0.05) is 18.1 Å². The number of carbonyl (C=O) groups excluding carboxylic acids is 1. The fourth-order valence-electron chi connectivity index (χ4n) is 1.13. The van der Waals surface area contributed by atoms with Gasteiger partial charge in [-0.3, -0.25) is 4.79 Å². The minimum atomic E-state index is -0.180. The topological polar surface area (TPSA) is 55.1 Å². The summed E-state index contributed by atoms with van der Waals surface area (Å²) < 4.78 is 13.2. The van der Waals surface area contributed by atoms with Crippen molar-refractivity contribution in [1.82, 2.24) is 5.32 Å². The van der Waals surface area contributed by atoms with E-state index in [0.29, 0.717) is 17.9 Å². The number of hydrogen-bond donors (Lipinski definition) is 2. The van der Waals surface area contributed by atoms with Crippen LogP contribution in [0.15, 0.2) is 24.3 Å². The Morgan fingerprint density at radius 2 is 2.12 bits per heavy atom. The number of halogens is 2. The molecule has 0 aromatic heterocycles. The highest BCUT2D eigenvalue weighted by atomic mass is 35.5. The average Bonchev–Trinajstić information content (AvgIpc) is 2.30. The maximum atomic E-state index is 13.2. The van der Waals surface area contributed by atoms with Gasteiger partial charge in [-0.1, -0.05) is 18.2 Å². The average molecular weight is 279 g/mol. The monoisotopic (exact) mass is 278 g/mol. The van der Waals surface area contributed by atoms with Gasteiger partial charge in [-0.2, -0.15) is 11.8 Å². The third kappa shape index (κ3) is 6.51. The molecule has 3 N–H and O–H groups in total. The fourth-order valence-corrected chi connectivity index (χ4v) is 1.98. The van der Waals surface area contributed by atoms with E-state index in [-0.39, 0.29) is 30.7 Å². The van der Waals surface area contributed by atoms with Gasteiger partial charge in [-0.05, 0) is 11.6 Å². The second-order valence-electron chi connectivity index (χ2n) is 3.20. The first kappa shape index (κ1) is 16.2. The molecule has 0 atom stereocenters. The summed E-state index contributed by atoms with van der Waals surface area (Å²) in [6.45, 7) is 0.577. The van der Waals surface area contributed by atoms with Gasteiger partial charge in [-0.25, -0.2) is 4.39 Å². The lowest BCUT2D eigenvalue weighted by molar-refractivity contribution is -0.119. The molecule has 0 heterocycles. The first-order valence-corrected chi connectivity index (χ1v) is 6.17. The molecule has 0 aliphatic carbocycles. The molecular weight excluding hydrogens is 263 g/mol. The summed E-state index contributed by atoms with van der Waals surface area (Å²) in [6.07, 6.45) is 0. The van der Waals surface area contributed by atoms with E-state index in [1.807, 2.05) is 6.07 Å². The van der Waals surface area contributed by atoms with Crippen LogP contribution in [-0.4, -0.2) is 24.7 Å². The van der Waals surface area contributed by atoms with Crippen molar-refractivity contribution in [2.75, 3.05) is 18.8 Å². The van der Waals surface area contributed by atoms with E-state index >= 15 is 0 Å². The second-order valence-corrected chi connectivity index (χ2v) is 4.30. The molecule has 1 aromatic rings. The molecule has 0 aliphatic heterocycles. The highest BCUT2D eigenvalue weighted by molar-refractivity contribution is 7.98. The van der Waals surface area contributed by atoms with Crippen LogP contribution in [0.5, 0.6) is 0 Å². The first-order valence-electron chi connectivity index (χ1n) is 5.02. The molecule has 17 heavy (non-hydrogen) atoms. The Labute approximate surface area is 111 Å². The van der Waals surface area contributed by atoms with Gasteiger partial charge < -0.3 is 11.1 Å². The van der Waals surface area contributed by atoms with Crippen molar-refractivity contribution in [2.24, 2.45) is 5.73 Å². The zero-order valence-corrected chi connectivity index (χ0v) is 11.0. The van der Waals surface area contributed by atoms with E-state index in [1.165, 1.54) is 6.07 Å². The predicted molar refractivity (Wildman–Crippen MR) is 71.9 cm³/mol. The number of rotatable bonds is 6. The molecule has 1 rings (SSSR count). The Kier molecular flexibility index (Phi) is 8.85. The number of nitrogens with two attached hydrogens (primary N) is 1. The summed E-state index contributed by atoms with van der Waals surface area (Å²) in [5.74, 6) is 1.03. The molecule has 0 radical (unpaired) electrons. The molecule has 0 fully saturated rings. The van der Waals surface area contributed by atoms with Crippen molar-refractivity contribution >= 4 is 30.1 Å². The molecule has 0 spiro atoms. The summed E-state index contributed by atoms with van der Waals surface area (Å²) in [6, 6.07) is 6.70. The maximum absolute atomic E-state index is 13.2. The predicted octanol–water partition coefficient (Wildman–Crippen LogP) is 1.56. The molecule has 0 unspecified atom stereocenters. The van der Waals surface area contributed by atoms with Gasteiger partial charge in [0.25, 0.3) is 0 Å². The standard InChI is InChI=1S/C11H15FN2OS.ClH/c12-10-4-2-1-3-9(10)8-16-6-5-14-11(15)7-13;/h1-4H,5-8,13H2,(H,14,15);1H. The lowest BCUT2D eigenvalue weighted by atomic mass is 10.2. The molecule has 0 saturated carbocycles. The van der Waals surface area contributed by atoms with Crippen LogP contribution in [0.1, 0.15) is 5.56 Å². The minimum Gasteiger partial charge on any atom is -0.354 e.